The normalized spacial score (nSPS) is 19.0. The summed E-state index contributed by atoms with van der Waals surface area (Å²) in [5.41, 5.74) is 0. The Balaban J connectivity index is 2.79. The molecule has 2 heterocycles. The second-order valence-corrected chi connectivity index (χ2v) is 6.43. The number of aliphatic hydroxyl groups is 1. The molecule has 1 aromatic rings. The molecule has 0 saturated carbocycles. The smallest absolute Gasteiger partial charge is 0.265 e. The Labute approximate surface area is 90.1 Å². The molecule has 0 fully saturated rings. The van der Waals surface area contributed by atoms with Gasteiger partial charge in [-0.2, -0.15) is 0 Å². The van der Waals surface area contributed by atoms with Crippen LogP contribution in [0, 0.1) is 0 Å². The molecule has 1 aromatic heterocycles. The minimum Gasteiger partial charge on any atom is -0.505 e. The first-order chi connectivity index (χ1) is 6.43. The summed E-state index contributed by atoms with van der Waals surface area (Å²) in [7, 11) is -2.15. The van der Waals surface area contributed by atoms with Gasteiger partial charge in [-0.1, -0.05) is 11.6 Å². The zero-order valence-corrected chi connectivity index (χ0v) is 9.45. The molecule has 0 unspecified atom stereocenters. The Morgan fingerprint density at radius 3 is 2.86 bits per heavy atom. The number of nitrogens with zero attached hydrogens (tertiary/aromatic N) is 1. The summed E-state index contributed by atoms with van der Waals surface area (Å²) in [6.07, 6.45) is 1.16. The molecule has 0 radical (unpaired) electrons. The van der Waals surface area contributed by atoms with Gasteiger partial charge in [0.2, 0.25) is 0 Å². The fourth-order valence-corrected chi connectivity index (χ4v) is 3.94. The largest absolute Gasteiger partial charge is 0.505 e. The Bertz CT molecular complexity index is 517. The molecular weight excluding hydrogens is 246 g/mol. The van der Waals surface area contributed by atoms with Crippen LogP contribution in [0.3, 0.4) is 0 Å². The zero-order valence-electron chi connectivity index (χ0n) is 7.06. The monoisotopic (exact) mass is 251 g/mol. The first-order valence-electron chi connectivity index (χ1n) is 3.61. The maximum Gasteiger partial charge on any atom is 0.265 e. The number of halogens is 1. The van der Waals surface area contributed by atoms with Gasteiger partial charge in [-0.05, 0) is 6.07 Å². The summed E-state index contributed by atoms with van der Waals surface area (Å²) in [5.74, 6) is -0.0748. The lowest BCUT2D eigenvalue weighted by atomic mass is 10.4. The number of hydrogen-bond acceptors (Lipinski definition) is 4. The average Bonchev–Trinajstić information content (AvgIpc) is 2.45. The van der Waals surface area contributed by atoms with Gasteiger partial charge >= 0.3 is 0 Å². The molecule has 76 valence electrons. The Hall–Kier alpha value is -0.720. The van der Waals surface area contributed by atoms with Crippen molar-refractivity contribution in [2.75, 3.05) is 7.05 Å². The highest BCUT2D eigenvalue weighted by Crippen LogP contribution is 2.38. The maximum absolute atomic E-state index is 11.7. The molecule has 1 aliphatic heterocycles. The minimum atomic E-state index is -3.51. The van der Waals surface area contributed by atoms with E-state index in [-0.39, 0.29) is 10.7 Å². The molecule has 1 N–H and O–H groups in total. The molecule has 2 rings (SSSR count). The number of aliphatic hydroxyl groups excluding tert-OH is 1. The van der Waals surface area contributed by atoms with Crippen molar-refractivity contribution in [2.24, 2.45) is 0 Å². The number of rotatable bonds is 0. The van der Waals surface area contributed by atoms with Gasteiger partial charge in [0.15, 0.2) is 5.76 Å². The van der Waals surface area contributed by atoms with Crippen LogP contribution in [-0.2, 0) is 10.0 Å². The summed E-state index contributed by atoms with van der Waals surface area (Å²) in [5, 5.41) is 9.48. The third kappa shape index (κ3) is 1.22. The van der Waals surface area contributed by atoms with E-state index in [1.807, 2.05) is 0 Å². The van der Waals surface area contributed by atoms with Gasteiger partial charge in [-0.3, -0.25) is 4.31 Å². The van der Waals surface area contributed by atoms with Crippen molar-refractivity contribution in [3.63, 3.8) is 0 Å². The molecule has 0 amide bonds. The van der Waals surface area contributed by atoms with Crippen LogP contribution in [0.25, 0.3) is 5.76 Å². The topological polar surface area (TPSA) is 57.6 Å². The highest BCUT2D eigenvalue weighted by molar-refractivity contribution is 7.89. The minimum absolute atomic E-state index is 0.0648. The van der Waals surface area contributed by atoms with Crippen LogP contribution >= 0.6 is 22.9 Å². The second-order valence-electron chi connectivity index (χ2n) is 2.78. The van der Waals surface area contributed by atoms with Crippen molar-refractivity contribution in [2.45, 2.75) is 4.90 Å². The van der Waals surface area contributed by atoms with E-state index in [1.54, 1.807) is 0 Å². The van der Waals surface area contributed by atoms with Gasteiger partial charge in [-0.25, -0.2) is 8.42 Å². The molecule has 7 heteroatoms. The van der Waals surface area contributed by atoms with Gasteiger partial charge in [0.25, 0.3) is 10.0 Å². The number of hydrogen-bond donors (Lipinski definition) is 1. The molecule has 0 spiro atoms. The van der Waals surface area contributed by atoms with Crippen molar-refractivity contribution in [1.29, 1.82) is 0 Å². The van der Waals surface area contributed by atoms with Gasteiger partial charge in [0.1, 0.15) is 4.90 Å². The van der Waals surface area contributed by atoms with Crippen LogP contribution in [0.4, 0.5) is 0 Å². The lowest BCUT2D eigenvalue weighted by molar-refractivity contribution is 0.482. The van der Waals surface area contributed by atoms with Crippen LogP contribution < -0.4 is 0 Å². The summed E-state index contributed by atoms with van der Waals surface area (Å²) in [6, 6.07) is 1.34. The lowest BCUT2D eigenvalue weighted by Crippen LogP contribution is -2.25. The first kappa shape index (κ1) is 9.82. The van der Waals surface area contributed by atoms with E-state index in [1.165, 1.54) is 13.1 Å². The highest BCUT2D eigenvalue weighted by Gasteiger charge is 2.31. The molecule has 14 heavy (non-hydrogen) atoms. The predicted molar refractivity (Wildman–Crippen MR) is 54.9 cm³/mol. The predicted octanol–water partition coefficient (Wildman–Crippen LogP) is 1.89. The van der Waals surface area contributed by atoms with E-state index < -0.39 is 10.0 Å². The van der Waals surface area contributed by atoms with E-state index in [9.17, 15) is 13.5 Å². The van der Waals surface area contributed by atoms with E-state index in [0.717, 1.165) is 21.8 Å². The number of thiophene rings is 1. The van der Waals surface area contributed by atoms with Crippen LogP contribution in [-0.4, -0.2) is 24.9 Å². The third-order valence-electron chi connectivity index (χ3n) is 1.86. The van der Waals surface area contributed by atoms with Crippen LogP contribution in [0.1, 0.15) is 4.88 Å². The molecular formula is C7H6ClNO3S2. The maximum atomic E-state index is 11.7. The highest BCUT2D eigenvalue weighted by atomic mass is 35.5. The number of fused-ring (bicyclic) bond motifs is 1. The Morgan fingerprint density at radius 2 is 2.21 bits per heavy atom. The van der Waals surface area contributed by atoms with Gasteiger partial charge < -0.3 is 5.11 Å². The van der Waals surface area contributed by atoms with E-state index in [4.69, 9.17) is 11.6 Å². The van der Waals surface area contributed by atoms with Crippen molar-refractivity contribution in [1.82, 2.24) is 4.31 Å². The van der Waals surface area contributed by atoms with Gasteiger partial charge in [0, 0.05) is 7.05 Å². The average molecular weight is 252 g/mol. The molecule has 1 aliphatic rings. The molecule has 0 aromatic carbocycles. The van der Waals surface area contributed by atoms with E-state index >= 15 is 0 Å². The summed E-state index contributed by atoms with van der Waals surface area (Å²) in [4.78, 5) is 0.364. The summed E-state index contributed by atoms with van der Waals surface area (Å²) >= 11 is 6.73. The van der Waals surface area contributed by atoms with E-state index in [2.05, 4.69) is 0 Å². The van der Waals surface area contributed by atoms with Gasteiger partial charge in [0.05, 0.1) is 15.4 Å². The standard InChI is InChI=1S/C7H6ClNO3S2/c1-9-3-4(10)7-5(14(9,11)12)2-6(8)13-7/h2-3,10H,1H3. The molecule has 0 atom stereocenters. The van der Waals surface area contributed by atoms with Crippen LogP contribution in [0.15, 0.2) is 17.2 Å². The Kier molecular flexibility index (Phi) is 2.02. The summed E-state index contributed by atoms with van der Waals surface area (Å²) < 4.78 is 24.7. The lowest BCUT2D eigenvalue weighted by Gasteiger charge is -2.19. The quantitative estimate of drug-likeness (QED) is 0.766. The molecule has 0 bridgehead atoms. The molecule has 0 aliphatic carbocycles. The molecule has 0 saturated heterocycles. The van der Waals surface area contributed by atoms with Crippen molar-refractivity contribution in [3.05, 3.63) is 21.5 Å². The second kappa shape index (κ2) is 2.88. The van der Waals surface area contributed by atoms with Gasteiger partial charge in [-0.15, -0.1) is 11.3 Å². The zero-order chi connectivity index (χ0) is 10.5. The van der Waals surface area contributed by atoms with Crippen LogP contribution in [0.2, 0.25) is 4.34 Å². The fourth-order valence-electron chi connectivity index (χ4n) is 1.17. The van der Waals surface area contributed by atoms with Crippen molar-refractivity contribution in [3.8, 4) is 0 Å². The Morgan fingerprint density at radius 1 is 1.57 bits per heavy atom. The fraction of sp³-hybridized carbons (Fsp3) is 0.143. The van der Waals surface area contributed by atoms with Crippen LogP contribution in [0.5, 0.6) is 0 Å². The summed E-state index contributed by atoms with van der Waals surface area (Å²) in [6.45, 7) is 0. The molecule has 4 nitrogen and oxygen atoms in total. The van der Waals surface area contributed by atoms with Crippen molar-refractivity contribution < 1.29 is 13.5 Å². The van der Waals surface area contributed by atoms with E-state index in [0.29, 0.717) is 9.21 Å². The third-order valence-corrected chi connectivity index (χ3v) is 5.02. The first-order valence-corrected chi connectivity index (χ1v) is 6.25. The van der Waals surface area contributed by atoms with Crippen molar-refractivity contribution >= 4 is 38.7 Å². The number of sulfonamides is 1. The SMILES string of the molecule is CN1C=C(O)c2sc(Cl)cc2S1(=O)=O.